The summed E-state index contributed by atoms with van der Waals surface area (Å²) in [6.45, 7) is 19.1. The Hall–Kier alpha value is -0.666. The van der Waals surface area contributed by atoms with E-state index in [1.54, 1.807) is 76.2 Å². The zero-order chi connectivity index (χ0) is 35.5. The molecule has 0 aromatic rings. The maximum Gasteiger partial charge on any atom is 0.338 e. The molecule has 0 spiro atoms. The van der Waals surface area contributed by atoms with Gasteiger partial charge >= 0.3 is 11.9 Å². The fourth-order valence-corrected chi connectivity index (χ4v) is 3.09. The molecule has 2 aliphatic carbocycles. The molecule has 0 heterocycles. The van der Waals surface area contributed by atoms with Crippen LogP contribution in [0.15, 0.2) is 0 Å². The molecular weight excluding hydrogens is 624 g/mol. The summed E-state index contributed by atoms with van der Waals surface area (Å²) < 4.78 is 10.3. The van der Waals surface area contributed by atoms with E-state index < -0.39 is 29.7 Å². The van der Waals surface area contributed by atoms with Crippen LogP contribution < -0.4 is 0 Å². The van der Waals surface area contributed by atoms with E-state index in [0.717, 1.165) is 64.2 Å². The first-order valence-electron chi connectivity index (χ1n) is 15.9. The van der Waals surface area contributed by atoms with Crippen LogP contribution >= 0.6 is 0 Å². The van der Waals surface area contributed by atoms with Gasteiger partial charge in [-0.2, -0.15) is 0 Å². The third kappa shape index (κ3) is 50.4. The van der Waals surface area contributed by atoms with Crippen molar-refractivity contribution in [2.45, 2.75) is 195 Å². The zero-order valence-corrected chi connectivity index (χ0v) is 31.4. The van der Waals surface area contributed by atoms with Crippen LogP contribution in [-0.4, -0.2) is 102 Å². The third-order valence-corrected chi connectivity index (χ3v) is 4.73. The number of hydrogen-bond donors (Lipinski definition) is 7. The van der Waals surface area contributed by atoms with Crippen LogP contribution in [-0.2, 0) is 45.7 Å². The van der Waals surface area contributed by atoms with E-state index in [1.807, 2.05) is 0 Å². The topological polar surface area (TPSA) is 203 Å². The Kier molecular flexibility index (Phi) is 39.8. The first kappa shape index (κ1) is 53.8. The largest absolute Gasteiger partial charge is 0.460 e. The monoisotopic (exact) mass is 692 g/mol. The molecule has 0 aliphatic heterocycles. The molecule has 2 fully saturated rings. The summed E-state index contributed by atoms with van der Waals surface area (Å²) in [5.74, 6) is -1.89. The minimum absolute atomic E-state index is 0. The first-order chi connectivity index (χ1) is 20.1. The van der Waals surface area contributed by atoms with Gasteiger partial charge in [0.05, 0.1) is 5.60 Å². The van der Waals surface area contributed by atoms with Gasteiger partial charge in [-0.15, -0.1) is 0 Å². The third-order valence-electron chi connectivity index (χ3n) is 4.73. The Balaban J connectivity index is -0.000000189. The van der Waals surface area contributed by atoms with E-state index >= 15 is 0 Å². The molecule has 272 valence electrons. The van der Waals surface area contributed by atoms with E-state index in [-0.39, 0.29) is 58.3 Å². The van der Waals surface area contributed by atoms with Gasteiger partial charge in [-0.3, -0.25) is 5.26 Å². The number of carbonyl (C=O) groups excluding carboxylic acids is 2. The molecule has 45 heavy (non-hydrogen) atoms. The number of hydrogen-bond acceptors (Lipinski definition) is 12. The van der Waals surface area contributed by atoms with Crippen LogP contribution in [0.25, 0.3) is 0 Å². The summed E-state index contributed by atoms with van der Waals surface area (Å²) >= 11 is 0. The van der Waals surface area contributed by atoms with Gasteiger partial charge < -0.3 is 40.1 Å². The molecule has 0 aromatic carbocycles. The SMILES string of the molecule is CC(C)(C)OO.CC(C)O.CC(C)O.CC(C)O.CC(C)O.O=C(OC1CCCCC1)[C@@H](O)[C@@H](O)C(=O)OC1CCCCC1.[Ti]. The standard InChI is InChI=1S/C16H26O6.C4H10O2.4C3H8O.Ti/c17-13(15(19)21-11-7-3-1-4-8-11)14(18)16(20)22-12-9-5-2-6-10-12;1-4(2,3)6-5;4*1-3(2)4;/h11-14,17-18H,1-10H2;5H,1-3H3;4*3-4H,1-2H3;/t13-,14+;;;;;;. The van der Waals surface area contributed by atoms with Crippen LogP contribution in [0.4, 0.5) is 0 Å². The maximum atomic E-state index is 11.8. The van der Waals surface area contributed by atoms with Gasteiger partial charge in [0.15, 0.2) is 12.2 Å². The number of carbonyl (C=O) groups is 2. The first-order valence-corrected chi connectivity index (χ1v) is 15.9. The predicted octanol–water partition coefficient (Wildman–Crippen LogP) is 4.28. The summed E-state index contributed by atoms with van der Waals surface area (Å²) in [5, 5.41) is 59.7. The van der Waals surface area contributed by atoms with Crippen molar-refractivity contribution in [1.82, 2.24) is 0 Å². The molecule has 0 bridgehead atoms. The summed E-state index contributed by atoms with van der Waals surface area (Å²) in [4.78, 5) is 27.6. The molecule has 0 radical (unpaired) electrons. The normalized spacial score (nSPS) is 16.3. The molecule has 2 atom stereocenters. The number of rotatable bonds is 5. The minimum Gasteiger partial charge on any atom is -0.460 e. The fraction of sp³-hybridized carbons (Fsp3) is 0.938. The minimum atomic E-state index is -1.88. The predicted molar refractivity (Wildman–Crippen MR) is 171 cm³/mol. The van der Waals surface area contributed by atoms with E-state index in [2.05, 4.69) is 4.89 Å². The van der Waals surface area contributed by atoms with Crippen molar-refractivity contribution < 1.29 is 81.6 Å². The van der Waals surface area contributed by atoms with E-state index in [4.69, 9.17) is 35.2 Å². The van der Waals surface area contributed by atoms with E-state index in [0.29, 0.717) is 0 Å². The van der Waals surface area contributed by atoms with Gasteiger partial charge in [-0.1, -0.05) is 12.8 Å². The smallest absolute Gasteiger partial charge is 0.338 e. The van der Waals surface area contributed by atoms with Gasteiger partial charge in [0.25, 0.3) is 0 Å². The second-order valence-electron chi connectivity index (χ2n) is 12.9. The molecule has 2 aliphatic rings. The van der Waals surface area contributed by atoms with Crippen molar-refractivity contribution in [2.24, 2.45) is 0 Å². The van der Waals surface area contributed by atoms with Gasteiger partial charge in [0.2, 0.25) is 0 Å². The van der Waals surface area contributed by atoms with Crippen molar-refractivity contribution in [3.63, 3.8) is 0 Å². The summed E-state index contributed by atoms with van der Waals surface area (Å²) in [6.07, 6.45) is 4.37. The van der Waals surface area contributed by atoms with Gasteiger partial charge in [0, 0.05) is 46.1 Å². The summed E-state index contributed by atoms with van der Waals surface area (Å²) in [6, 6.07) is 0. The van der Waals surface area contributed by atoms with Gasteiger partial charge in [-0.05, 0) is 128 Å². The van der Waals surface area contributed by atoms with Crippen molar-refractivity contribution in [1.29, 1.82) is 0 Å². The summed E-state index contributed by atoms with van der Waals surface area (Å²) in [5.41, 5.74) is -0.403. The number of ether oxygens (including phenoxy) is 2. The number of aliphatic hydroxyl groups is 6. The molecule has 2 rings (SSSR count). The van der Waals surface area contributed by atoms with Crippen molar-refractivity contribution in [3.8, 4) is 0 Å². The molecule has 0 aromatic heterocycles. The van der Waals surface area contributed by atoms with Crippen LogP contribution in [0.2, 0.25) is 0 Å². The van der Waals surface area contributed by atoms with Crippen LogP contribution in [0.1, 0.15) is 140 Å². The van der Waals surface area contributed by atoms with Crippen molar-refractivity contribution >= 4 is 11.9 Å². The van der Waals surface area contributed by atoms with Crippen LogP contribution in [0.3, 0.4) is 0 Å². The quantitative estimate of drug-likeness (QED) is 0.0934. The Morgan fingerprint density at radius 2 is 0.711 bits per heavy atom. The average molecular weight is 693 g/mol. The molecular formula is C32H68O12Ti. The van der Waals surface area contributed by atoms with E-state index in [9.17, 15) is 19.8 Å². The molecule has 13 heteroatoms. The molecule has 2 saturated carbocycles. The molecule has 0 saturated heterocycles. The van der Waals surface area contributed by atoms with Crippen molar-refractivity contribution in [3.05, 3.63) is 0 Å². The van der Waals surface area contributed by atoms with Crippen LogP contribution in [0.5, 0.6) is 0 Å². The Bertz CT molecular complexity index is 572. The summed E-state index contributed by atoms with van der Waals surface area (Å²) in [7, 11) is 0. The van der Waals surface area contributed by atoms with Gasteiger partial charge in [-0.25, -0.2) is 14.5 Å². The maximum absolute atomic E-state index is 11.8. The molecule has 0 unspecified atom stereocenters. The molecule has 0 amide bonds. The average Bonchev–Trinajstić information content (AvgIpc) is 2.87. The van der Waals surface area contributed by atoms with Crippen LogP contribution in [0, 0.1) is 0 Å². The Morgan fingerprint density at radius 3 is 0.867 bits per heavy atom. The molecule has 12 nitrogen and oxygen atoms in total. The Morgan fingerprint density at radius 1 is 0.533 bits per heavy atom. The number of aliphatic hydroxyl groups excluding tert-OH is 6. The molecule has 7 N–H and O–H groups in total. The fourth-order valence-electron chi connectivity index (χ4n) is 3.09. The second-order valence-corrected chi connectivity index (χ2v) is 12.9. The Labute approximate surface area is 287 Å². The second kappa shape index (κ2) is 33.2. The van der Waals surface area contributed by atoms with E-state index in [1.165, 1.54) is 0 Å². The number of esters is 2. The van der Waals surface area contributed by atoms with Gasteiger partial charge in [0.1, 0.15) is 12.2 Å². The van der Waals surface area contributed by atoms with Crippen molar-refractivity contribution in [2.75, 3.05) is 0 Å². The zero-order valence-electron chi connectivity index (χ0n) is 29.9.